The van der Waals surface area contributed by atoms with Gasteiger partial charge in [-0.05, 0) is 49.9 Å². The van der Waals surface area contributed by atoms with Crippen LogP contribution in [0.25, 0.3) is 21.5 Å². The van der Waals surface area contributed by atoms with E-state index in [2.05, 4.69) is 14.8 Å². The van der Waals surface area contributed by atoms with Gasteiger partial charge in [-0.2, -0.15) is 0 Å². The first-order valence-corrected chi connectivity index (χ1v) is 13.3. The van der Waals surface area contributed by atoms with Crippen LogP contribution in [0.2, 0.25) is 0 Å². The summed E-state index contributed by atoms with van der Waals surface area (Å²) in [5, 5.41) is 28.0. The maximum atomic E-state index is 11.3. The van der Waals surface area contributed by atoms with Gasteiger partial charge in [-0.15, -0.1) is 12.4 Å². The molecule has 2 atom stereocenters. The Morgan fingerprint density at radius 2 is 1.18 bits per heavy atom. The number of ether oxygens (including phenoxy) is 2. The van der Waals surface area contributed by atoms with Crippen LogP contribution in [0.5, 0.6) is 0 Å². The van der Waals surface area contributed by atoms with Crippen LogP contribution in [0.1, 0.15) is 32.3 Å². The van der Waals surface area contributed by atoms with Crippen molar-refractivity contribution in [2.45, 2.75) is 45.7 Å². The molecule has 0 aromatic heterocycles. The molecule has 0 fully saturated rings. The Labute approximate surface area is 261 Å². The smallest absolute Gasteiger partial charge is 0.307 e. The lowest BCUT2D eigenvalue weighted by atomic mass is 10.0. The summed E-state index contributed by atoms with van der Waals surface area (Å²) in [5.74, 6) is -0.554. The van der Waals surface area contributed by atoms with E-state index in [1.54, 1.807) is 43.3 Å². The summed E-state index contributed by atoms with van der Waals surface area (Å²) in [7, 11) is 2.70. The van der Waals surface area contributed by atoms with Crippen molar-refractivity contribution in [1.29, 1.82) is 0 Å². The van der Waals surface area contributed by atoms with Crippen LogP contribution in [0.15, 0.2) is 72.8 Å². The zero-order valence-corrected chi connectivity index (χ0v) is 26.0. The van der Waals surface area contributed by atoms with Gasteiger partial charge in [0.2, 0.25) is 0 Å². The number of halogens is 1. The number of hydrogen-bond acceptors (Lipinski definition) is 10. The van der Waals surface area contributed by atoms with Crippen LogP contribution in [0.4, 0.5) is 17.1 Å². The van der Waals surface area contributed by atoms with Gasteiger partial charge in [0.25, 0.3) is 11.4 Å². The van der Waals surface area contributed by atoms with Gasteiger partial charge in [-0.25, -0.2) is 0 Å². The number of anilines is 1. The number of aryl methyl sites for hydroxylation is 1. The minimum atomic E-state index is -0.399. The lowest BCUT2D eigenvalue weighted by Gasteiger charge is -2.16. The molecule has 0 heterocycles. The van der Waals surface area contributed by atoms with E-state index in [0.717, 1.165) is 22.0 Å². The van der Waals surface area contributed by atoms with E-state index in [0.29, 0.717) is 17.2 Å². The van der Waals surface area contributed by atoms with Gasteiger partial charge in [-0.1, -0.05) is 42.5 Å². The molecule has 13 heteroatoms. The summed E-state index contributed by atoms with van der Waals surface area (Å²) in [6.07, 6.45) is 0.526. The molecule has 4 aromatic carbocycles. The second kappa shape index (κ2) is 18.0. The van der Waals surface area contributed by atoms with Gasteiger partial charge in [0.1, 0.15) is 0 Å². The molecule has 0 aliphatic rings. The number of carbonyl (C=O) groups is 2. The first-order valence-electron chi connectivity index (χ1n) is 13.3. The fourth-order valence-electron chi connectivity index (χ4n) is 4.16. The molecule has 3 N–H and O–H groups in total. The number of nitrogens with two attached hydrogens (primary N) is 1. The summed E-state index contributed by atoms with van der Waals surface area (Å²) < 4.78 is 8.97. The predicted octanol–water partition coefficient (Wildman–Crippen LogP) is 6.49. The Hall–Kier alpha value is -4.81. The topological polar surface area (TPSA) is 177 Å². The summed E-state index contributed by atoms with van der Waals surface area (Å²) in [6, 6.07) is 20.7. The molecule has 44 heavy (non-hydrogen) atoms. The lowest BCUT2D eigenvalue weighted by molar-refractivity contribution is -0.383. The molecular weight excluding hydrogens is 592 g/mol. The Balaban J connectivity index is 0.000000363. The highest BCUT2D eigenvalue weighted by Gasteiger charge is 2.16. The first kappa shape index (κ1) is 37.2. The number of nitro benzene ring substituents is 2. The third kappa shape index (κ3) is 10.8. The van der Waals surface area contributed by atoms with Crippen LogP contribution in [-0.4, -0.2) is 48.1 Å². The SMILES string of the molecule is COC(=O)C[C@H](C)N.COC(=O)C[C@H](C)Nc1ccc([N+](=O)[O-])c2ccccc12.Cc1ccc([N+](=O)[O-])c2ccccc12.Cl. The van der Waals surface area contributed by atoms with Crippen LogP contribution >= 0.6 is 12.4 Å². The van der Waals surface area contributed by atoms with Crippen LogP contribution in [0.3, 0.4) is 0 Å². The van der Waals surface area contributed by atoms with E-state index < -0.39 is 4.92 Å². The van der Waals surface area contributed by atoms with Crippen molar-refractivity contribution in [3.05, 3.63) is 98.6 Å². The fraction of sp³-hybridized carbons (Fsp3) is 0.290. The number of nitro groups is 2. The number of nitrogens with one attached hydrogen (secondary N) is 1. The maximum Gasteiger partial charge on any atom is 0.307 e. The van der Waals surface area contributed by atoms with Crippen molar-refractivity contribution in [3.8, 4) is 0 Å². The number of methoxy groups -OCH3 is 2. The van der Waals surface area contributed by atoms with Crippen LogP contribution in [0, 0.1) is 27.2 Å². The van der Waals surface area contributed by atoms with Crippen molar-refractivity contribution in [1.82, 2.24) is 0 Å². The Morgan fingerprint density at radius 3 is 1.64 bits per heavy atom. The van der Waals surface area contributed by atoms with E-state index in [1.165, 1.54) is 20.3 Å². The van der Waals surface area contributed by atoms with Crippen molar-refractivity contribution >= 4 is 63.0 Å². The van der Waals surface area contributed by atoms with E-state index in [1.807, 2.05) is 44.2 Å². The number of non-ortho nitro benzene ring substituents is 2. The van der Waals surface area contributed by atoms with E-state index in [-0.39, 0.29) is 59.1 Å². The van der Waals surface area contributed by atoms with Crippen molar-refractivity contribution in [2.75, 3.05) is 19.5 Å². The molecule has 0 amide bonds. The fourth-order valence-corrected chi connectivity index (χ4v) is 4.16. The number of hydrogen-bond donors (Lipinski definition) is 2. The molecule has 0 radical (unpaired) electrons. The summed E-state index contributed by atoms with van der Waals surface area (Å²) in [6.45, 7) is 5.57. The zero-order valence-electron chi connectivity index (χ0n) is 25.1. The normalized spacial score (nSPS) is 11.3. The molecular formula is C31H37ClN4O8. The molecule has 4 rings (SSSR count). The van der Waals surface area contributed by atoms with E-state index in [4.69, 9.17) is 5.73 Å². The van der Waals surface area contributed by atoms with E-state index >= 15 is 0 Å². The summed E-state index contributed by atoms with van der Waals surface area (Å²) in [5.41, 5.74) is 7.33. The average molecular weight is 629 g/mol. The van der Waals surface area contributed by atoms with Crippen LogP contribution in [-0.2, 0) is 19.1 Å². The Kier molecular flexibility index (Phi) is 15.2. The van der Waals surface area contributed by atoms with Crippen molar-refractivity contribution in [2.24, 2.45) is 5.73 Å². The second-order valence-corrected chi connectivity index (χ2v) is 9.72. The predicted molar refractivity (Wildman–Crippen MR) is 173 cm³/mol. The molecule has 0 bridgehead atoms. The number of carbonyl (C=O) groups excluding carboxylic acids is 2. The molecule has 0 spiro atoms. The minimum Gasteiger partial charge on any atom is -0.469 e. The van der Waals surface area contributed by atoms with Gasteiger partial charge in [0, 0.05) is 35.3 Å². The van der Waals surface area contributed by atoms with Gasteiger partial charge < -0.3 is 20.5 Å². The van der Waals surface area contributed by atoms with Crippen LogP contribution < -0.4 is 11.1 Å². The monoisotopic (exact) mass is 628 g/mol. The Morgan fingerprint density at radius 1 is 0.750 bits per heavy atom. The third-order valence-electron chi connectivity index (χ3n) is 6.23. The van der Waals surface area contributed by atoms with Gasteiger partial charge >= 0.3 is 11.9 Å². The third-order valence-corrected chi connectivity index (χ3v) is 6.23. The molecule has 0 aliphatic heterocycles. The molecule has 0 saturated carbocycles. The molecule has 0 aliphatic carbocycles. The standard InChI is InChI=1S/C15H16N2O4.C11H9NO2.C5H11NO2.ClH/c1-10(9-15(18)21-2)16-13-7-8-14(17(19)20)12-6-4-3-5-11(12)13;1-8-6-7-11(12(13)14)10-5-3-2-4-9(8)10;1-4(6)3-5(7)8-2;/h3-8,10,16H,9H2,1-2H3;2-7H,1H3;4H,3,6H2,1-2H3;1H/t10-;;4-;/m0.0./s1. The quantitative estimate of drug-likeness (QED) is 0.124. The summed E-state index contributed by atoms with van der Waals surface area (Å²) in [4.78, 5) is 42.6. The number of nitrogens with zero attached hydrogens (tertiary/aromatic N) is 2. The first-order chi connectivity index (χ1) is 20.4. The molecule has 12 nitrogen and oxygen atoms in total. The lowest BCUT2D eigenvalue weighted by Crippen LogP contribution is -2.20. The van der Waals surface area contributed by atoms with Gasteiger partial charge in [0.05, 0.1) is 47.7 Å². The number of benzene rings is 4. The highest BCUT2D eigenvalue weighted by molar-refractivity contribution is 5.99. The minimum absolute atomic E-state index is 0. The number of rotatable bonds is 8. The highest BCUT2D eigenvalue weighted by atomic mass is 35.5. The highest BCUT2D eigenvalue weighted by Crippen LogP contribution is 2.32. The van der Waals surface area contributed by atoms with E-state index in [9.17, 15) is 29.8 Å². The maximum absolute atomic E-state index is 11.3. The molecule has 0 unspecified atom stereocenters. The molecule has 4 aromatic rings. The van der Waals surface area contributed by atoms with Crippen molar-refractivity contribution in [3.63, 3.8) is 0 Å². The molecule has 0 saturated heterocycles. The Bertz CT molecular complexity index is 1600. The summed E-state index contributed by atoms with van der Waals surface area (Å²) >= 11 is 0. The zero-order chi connectivity index (χ0) is 32.1. The number of fused-ring (bicyclic) bond motifs is 2. The second-order valence-electron chi connectivity index (χ2n) is 9.72. The van der Waals surface area contributed by atoms with Gasteiger partial charge in [0.15, 0.2) is 0 Å². The largest absolute Gasteiger partial charge is 0.469 e. The molecule has 236 valence electrons. The average Bonchev–Trinajstić information content (AvgIpc) is 2.97. The van der Waals surface area contributed by atoms with Crippen molar-refractivity contribution < 1.29 is 28.9 Å². The number of esters is 2. The van der Waals surface area contributed by atoms with Gasteiger partial charge in [-0.3, -0.25) is 29.8 Å².